The maximum Gasteiger partial charge on any atom is 0.453 e. The summed E-state index contributed by atoms with van der Waals surface area (Å²) in [5, 5.41) is 13.9. The smallest absolute Gasteiger partial charge is 0.389 e. The molecule has 27 heavy (non-hydrogen) atoms. The van der Waals surface area contributed by atoms with E-state index in [4.69, 9.17) is 0 Å². The minimum atomic E-state index is -4.67. The van der Waals surface area contributed by atoms with Crippen molar-refractivity contribution in [2.24, 2.45) is 0 Å². The number of halogens is 3. The third kappa shape index (κ3) is 4.54. The van der Waals surface area contributed by atoms with Crippen molar-refractivity contribution >= 4 is 11.6 Å². The van der Waals surface area contributed by atoms with Crippen molar-refractivity contribution in [3.8, 4) is 0 Å². The molecule has 3 rings (SSSR count). The SMILES string of the molecule is Cc1cc(N(Cc2ccccc2)CC(C)(C)O)n2nc(C(F)(F)F)nc2n1. The van der Waals surface area contributed by atoms with Gasteiger partial charge in [0, 0.05) is 24.8 Å². The third-order valence-corrected chi connectivity index (χ3v) is 3.79. The highest BCUT2D eigenvalue weighted by Gasteiger charge is 2.37. The number of anilines is 1. The van der Waals surface area contributed by atoms with Crippen LogP contribution in [0.5, 0.6) is 0 Å². The molecular weight excluding hydrogens is 359 g/mol. The zero-order valence-electron chi connectivity index (χ0n) is 15.2. The third-order valence-electron chi connectivity index (χ3n) is 3.79. The van der Waals surface area contributed by atoms with Crippen molar-refractivity contribution in [1.82, 2.24) is 19.6 Å². The molecule has 0 spiro atoms. The molecule has 0 saturated heterocycles. The maximum absolute atomic E-state index is 13.1. The average Bonchev–Trinajstić information content (AvgIpc) is 2.97. The number of aliphatic hydroxyl groups is 1. The molecule has 144 valence electrons. The Balaban J connectivity index is 2.12. The Morgan fingerprint density at radius 3 is 2.37 bits per heavy atom. The Labute approximate surface area is 154 Å². The number of alkyl halides is 3. The van der Waals surface area contributed by atoms with Crippen LogP contribution in [-0.4, -0.2) is 36.8 Å². The molecule has 0 atom stereocenters. The van der Waals surface area contributed by atoms with Crippen molar-refractivity contribution < 1.29 is 18.3 Å². The van der Waals surface area contributed by atoms with Crippen LogP contribution >= 0.6 is 0 Å². The number of fused-ring (bicyclic) bond motifs is 1. The van der Waals surface area contributed by atoms with Gasteiger partial charge in [0.1, 0.15) is 5.82 Å². The second-order valence-electron chi connectivity index (χ2n) is 7.05. The molecule has 2 aromatic heterocycles. The first kappa shape index (κ1) is 19.1. The van der Waals surface area contributed by atoms with Crippen LogP contribution in [0.25, 0.3) is 5.78 Å². The molecule has 0 aliphatic carbocycles. The van der Waals surface area contributed by atoms with Gasteiger partial charge in [-0.1, -0.05) is 30.3 Å². The molecule has 1 aromatic carbocycles. The van der Waals surface area contributed by atoms with Crippen LogP contribution in [0.3, 0.4) is 0 Å². The highest BCUT2D eigenvalue weighted by Crippen LogP contribution is 2.28. The lowest BCUT2D eigenvalue weighted by Crippen LogP contribution is -2.39. The molecular formula is C18H20F3N5O. The second kappa shape index (κ2) is 6.80. The van der Waals surface area contributed by atoms with Gasteiger partial charge in [0.25, 0.3) is 11.6 Å². The molecule has 0 saturated carbocycles. The van der Waals surface area contributed by atoms with Crippen LogP contribution in [0, 0.1) is 6.92 Å². The minimum absolute atomic E-state index is 0.133. The number of hydrogen-bond donors (Lipinski definition) is 1. The van der Waals surface area contributed by atoms with Gasteiger partial charge in [0.05, 0.1) is 5.60 Å². The van der Waals surface area contributed by atoms with Gasteiger partial charge >= 0.3 is 6.18 Å². The van der Waals surface area contributed by atoms with Crippen molar-refractivity contribution in [1.29, 1.82) is 0 Å². The zero-order valence-corrected chi connectivity index (χ0v) is 15.2. The quantitative estimate of drug-likeness (QED) is 0.737. The Kier molecular flexibility index (Phi) is 4.81. The molecule has 3 aromatic rings. The van der Waals surface area contributed by atoms with E-state index in [2.05, 4.69) is 15.1 Å². The summed E-state index contributed by atoms with van der Waals surface area (Å²) in [6, 6.07) is 11.1. The molecule has 0 aliphatic rings. The summed E-state index contributed by atoms with van der Waals surface area (Å²) >= 11 is 0. The van der Waals surface area contributed by atoms with Crippen LogP contribution in [0.4, 0.5) is 19.0 Å². The molecule has 1 N–H and O–H groups in total. The van der Waals surface area contributed by atoms with E-state index in [9.17, 15) is 18.3 Å². The standard InChI is InChI=1S/C18H20F3N5O/c1-12-9-14(26-16(22-12)23-15(24-26)18(19,20)21)25(11-17(2,3)27)10-13-7-5-4-6-8-13/h4-9,27H,10-11H2,1-3H3. The summed E-state index contributed by atoms with van der Waals surface area (Å²) in [5.41, 5.74) is 0.374. The highest BCUT2D eigenvalue weighted by atomic mass is 19.4. The fourth-order valence-corrected chi connectivity index (χ4v) is 2.80. The molecule has 2 heterocycles. The first-order chi connectivity index (χ1) is 12.5. The summed E-state index contributed by atoms with van der Waals surface area (Å²) in [4.78, 5) is 9.34. The van der Waals surface area contributed by atoms with E-state index in [1.807, 2.05) is 30.3 Å². The molecule has 0 fully saturated rings. The van der Waals surface area contributed by atoms with Gasteiger partial charge in [0.2, 0.25) is 0 Å². The molecule has 9 heteroatoms. The number of hydrogen-bond acceptors (Lipinski definition) is 5. The Bertz CT molecular complexity index is 932. The molecule has 0 amide bonds. The van der Waals surface area contributed by atoms with Crippen molar-refractivity contribution in [3.05, 3.63) is 53.5 Å². The van der Waals surface area contributed by atoms with E-state index in [0.717, 1.165) is 10.1 Å². The predicted octanol–water partition coefficient (Wildman–Crippen LogP) is 3.23. The number of aromatic nitrogens is 4. The van der Waals surface area contributed by atoms with E-state index in [-0.39, 0.29) is 12.3 Å². The minimum Gasteiger partial charge on any atom is -0.389 e. The zero-order chi connectivity index (χ0) is 19.8. The highest BCUT2D eigenvalue weighted by molar-refractivity contribution is 5.48. The van der Waals surface area contributed by atoms with Gasteiger partial charge in [-0.3, -0.25) is 0 Å². The molecule has 0 unspecified atom stereocenters. The van der Waals surface area contributed by atoms with Gasteiger partial charge < -0.3 is 10.0 Å². The number of benzene rings is 1. The lowest BCUT2D eigenvalue weighted by Gasteiger charge is -2.31. The summed E-state index contributed by atoms with van der Waals surface area (Å²) in [6.45, 7) is 5.51. The van der Waals surface area contributed by atoms with Crippen LogP contribution in [0.2, 0.25) is 0 Å². The lowest BCUT2D eigenvalue weighted by molar-refractivity contribution is -0.144. The van der Waals surface area contributed by atoms with Gasteiger partial charge in [-0.2, -0.15) is 22.7 Å². The lowest BCUT2D eigenvalue weighted by atomic mass is 10.1. The summed E-state index contributed by atoms with van der Waals surface area (Å²) < 4.78 is 40.2. The van der Waals surface area contributed by atoms with Crippen molar-refractivity contribution in [2.45, 2.75) is 39.1 Å². The summed E-state index contributed by atoms with van der Waals surface area (Å²) in [7, 11) is 0. The predicted molar refractivity (Wildman–Crippen MR) is 94.3 cm³/mol. The van der Waals surface area contributed by atoms with Gasteiger partial charge in [0.15, 0.2) is 0 Å². The Morgan fingerprint density at radius 1 is 1.11 bits per heavy atom. The Hall–Kier alpha value is -2.68. The topological polar surface area (TPSA) is 66.5 Å². The second-order valence-corrected chi connectivity index (χ2v) is 7.05. The number of rotatable bonds is 5. The van der Waals surface area contributed by atoms with E-state index in [1.54, 1.807) is 31.7 Å². The van der Waals surface area contributed by atoms with E-state index in [1.165, 1.54) is 0 Å². The van der Waals surface area contributed by atoms with E-state index in [0.29, 0.717) is 18.1 Å². The van der Waals surface area contributed by atoms with Crippen LogP contribution in [0.15, 0.2) is 36.4 Å². The van der Waals surface area contributed by atoms with E-state index < -0.39 is 17.6 Å². The number of nitrogens with zero attached hydrogens (tertiary/aromatic N) is 5. The van der Waals surface area contributed by atoms with Gasteiger partial charge in [-0.15, -0.1) is 5.10 Å². The van der Waals surface area contributed by atoms with E-state index >= 15 is 0 Å². The Morgan fingerprint density at radius 2 is 1.78 bits per heavy atom. The van der Waals surface area contributed by atoms with Gasteiger partial charge in [-0.05, 0) is 26.3 Å². The monoisotopic (exact) mass is 379 g/mol. The first-order valence-electron chi connectivity index (χ1n) is 8.36. The van der Waals surface area contributed by atoms with Crippen molar-refractivity contribution in [3.63, 3.8) is 0 Å². The summed E-state index contributed by atoms with van der Waals surface area (Å²) in [6.07, 6.45) is -4.67. The van der Waals surface area contributed by atoms with Crippen molar-refractivity contribution in [2.75, 3.05) is 11.4 Å². The van der Waals surface area contributed by atoms with Crippen LogP contribution in [0.1, 0.15) is 30.9 Å². The molecule has 0 radical (unpaired) electrons. The first-order valence-corrected chi connectivity index (χ1v) is 8.36. The fraction of sp³-hybridized carbons (Fsp3) is 0.389. The number of aryl methyl sites for hydroxylation is 1. The van der Waals surface area contributed by atoms with Gasteiger partial charge in [-0.25, -0.2) is 4.98 Å². The normalized spacial score (nSPS) is 12.6. The molecule has 6 nitrogen and oxygen atoms in total. The maximum atomic E-state index is 13.1. The van der Waals surface area contributed by atoms with Crippen LogP contribution in [-0.2, 0) is 12.7 Å². The largest absolute Gasteiger partial charge is 0.453 e. The summed E-state index contributed by atoms with van der Waals surface area (Å²) in [5.74, 6) is -0.998. The molecule has 0 aliphatic heterocycles. The average molecular weight is 379 g/mol. The molecule has 0 bridgehead atoms. The van der Waals surface area contributed by atoms with Crippen LogP contribution < -0.4 is 4.90 Å². The fourth-order valence-electron chi connectivity index (χ4n) is 2.80.